The molecule has 0 saturated heterocycles. The summed E-state index contributed by atoms with van der Waals surface area (Å²) in [6, 6.07) is 1.57. The third kappa shape index (κ3) is 4.16. The molecule has 5 heteroatoms. The van der Waals surface area contributed by atoms with Gasteiger partial charge in [0.1, 0.15) is 22.6 Å². The number of allylic oxidation sites excluding steroid dienone is 2. The van der Waals surface area contributed by atoms with Crippen LogP contribution in [0.1, 0.15) is 68.4 Å². The number of aryl methyl sites for hydroxylation is 1. The molecular weight excluding hydrogens is 318 g/mol. The molecule has 1 aliphatic rings. The summed E-state index contributed by atoms with van der Waals surface area (Å²) in [5, 5.41) is 12.8. The Morgan fingerprint density at radius 3 is 2.68 bits per heavy atom. The van der Waals surface area contributed by atoms with Gasteiger partial charge in [-0.3, -0.25) is 0 Å². The first kappa shape index (κ1) is 18.9. The standard InChI is InChI=1S/C20H25NO4/c1-5-7-14-12-16(21-24)15-9-11-20(4,10-6-8-13(2)3)25-18(15)17(14)19(22)23/h8-9,11-12H,5-7,10H2,1-4H3,(H,22,23). The molecule has 0 amide bonds. The molecule has 0 aliphatic carbocycles. The van der Waals surface area contributed by atoms with Gasteiger partial charge < -0.3 is 9.84 Å². The molecule has 0 bridgehead atoms. The molecule has 0 saturated carbocycles. The minimum Gasteiger partial charge on any atom is -0.482 e. The van der Waals surface area contributed by atoms with Crippen molar-refractivity contribution in [3.63, 3.8) is 0 Å². The fourth-order valence-corrected chi connectivity index (χ4v) is 3.06. The molecule has 0 radical (unpaired) electrons. The molecule has 25 heavy (non-hydrogen) atoms. The molecule has 0 spiro atoms. The van der Waals surface area contributed by atoms with E-state index in [0.29, 0.717) is 17.5 Å². The van der Waals surface area contributed by atoms with E-state index in [0.717, 1.165) is 19.3 Å². The predicted octanol–water partition coefficient (Wildman–Crippen LogP) is 5.65. The quantitative estimate of drug-likeness (QED) is 0.513. The van der Waals surface area contributed by atoms with Crippen molar-refractivity contribution >= 4 is 17.7 Å². The van der Waals surface area contributed by atoms with Gasteiger partial charge in [0.2, 0.25) is 0 Å². The van der Waals surface area contributed by atoms with Gasteiger partial charge in [0.25, 0.3) is 0 Å². The van der Waals surface area contributed by atoms with Gasteiger partial charge in [0, 0.05) is 5.56 Å². The summed E-state index contributed by atoms with van der Waals surface area (Å²) in [5.41, 5.74) is 2.02. The van der Waals surface area contributed by atoms with Crippen molar-refractivity contribution in [2.75, 3.05) is 0 Å². The van der Waals surface area contributed by atoms with Gasteiger partial charge in [0.05, 0.1) is 0 Å². The number of fused-ring (bicyclic) bond motifs is 1. The van der Waals surface area contributed by atoms with Crippen molar-refractivity contribution in [2.45, 2.75) is 59.0 Å². The molecule has 1 aromatic carbocycles. The van der Waals surface area contributed by atoms with Crippen molar-refractivity contribution in [1.29, 1.82) is 0 Å². The average molecular weight is 343 g/mol. The van der Waals surface area contributed by atoms with Crippen LogP contribution in [0.3, 0.4) is 0 Å². The van der Waals surface area contributed by atoms with Crippen molar-refractivity contribution in [2.24, 2.45) is 5.18 Å². The van der Waals surface area contributed by atoms with Crippen LogP contribution in [0.25, 0.3) is 6.08 Å². The van der Waals surface area contributed by atoms with E-state index in [1.807, 2.05) is 33.8 Å². The molecule has 1 heterocycles. The summed E-state index contributed by atoms with van der Waals surface area (Å²) in [4.78, 5) is 23.1. The van der Waals surface area contributed by atoms with E-state index in [1.54, 1.807) is 12.1 Å². The first-order valence-corrected chi connectivity index (χ1v) is 8.59. The van der Waals surface area contributed by atoms with Crippen LogP contribution in [0, 0.1) is 4.91 Å². The zero-order valence-electron chi connectivity index (χ0n) is 15.3. The maximum Gasteiger partial charge on any atom is 0.339 e. The Morgan fingerprint density at radius 1 is 1.40 bits per heavy atom. The summed E-state index contributed by atoms with van der Waals surface area (Å²) in [7, 11) is 0. The lowest BCUT2D eigenvalue weighted by Crippen LogP contribution is -2.33. The molecule has 1 atom stereocenters. The normalized spacial score (nSPS) is 18.2. The number of aromatic carboxylic acids is 1. The SMILES string of the molecule is CCCc1cc(N=O)c2c(c1C(=O)O)OC(C)(CCC=C(C)C)C=C2. The van der Waals surface area contributed by atoms with Crippen LogP contribution in [0.15, 0.2) is 29.0 Å². The Labute approximate surface area is 148 Å². The van der Waals surface area contributed by atoms with Gasteiger partial charge in [-0.15, -0.1) is 4.91 Å². The van der Waals surface area contributed by atoms with E-state index in [1.165, 1.54) is 5.57 Å². The molecule has 1 aliphatic heterocycles. The monoisotopic (exact) mass is 343 g/mol. The summed E-state index contributed by atoms with van der Waals surface area (Å²) in [6.45, 7) is 7.97. The third-order valence-corrected chi connectivity index (χ3v) is 4.34. The largest absolute Gasteiger partial charge is 0.482 e. The summed E-state index contributed by atoms with van der Waals surface area (Å²) in [5.74, 6) is -0.783. The van der Waals surface area contributed by atoms with Gasteiger partial charge >= 0.3 is 5.97 Å². The lowest BCUT2D eigenvalue weighted by Gasteiger charge is -2.33. The first-order valence-electron chi connectivity index (χ1n) is 8.59. The Kier molecular flexibility index (Phi) is 5.77. The molecule has 1 aromatic rings. The van der Waals surface area contributed by atoms with E-state index in [-0.39, 0.29) is 17.0 Å². The molecular formula is C20H25NO4. The van der Waals surface area contributed by atoms with Crippen molar-refractivity contribution in [3.8, 4) is 5.75 Å². The van der Waals surface area contributed by atoms with E-state index in [2.05, 4.69) is 11.3 Å². The zero-order valence-corrected chi connectivity index (χ0v) is 15.3. The highest BCUT2D eigenvalue weighted by molar-refractivity contribution is 5.96. The van der Waals surface area contributed by atoms with Gasteiger partial charge in [-0.2, -0.15) is 0 Å². The highest BCUT2D eigenvalue weighted by Gasteiger charge is 2.33. The number of hydrogen-bond donors (Lipinski definition) is 1. The van der Waals surface area contributed by atoms with Crippen LogP contribution in [0.5, 0.6) is 5.75 Å². The Balaban J connectivity index is 2.51. The molecule has 134 valence electrons. The Hall–Kier alpha value is -2.43. The molecule has 0 aromatic heterocycles. The summed E-state index contributed by atoms with van der Waals surface area (Å²) < 4.78 is 6.13. The number of rotatable bonds is 7. The van der Waals surface area contributed by atoms with E-state index < -0.39 is 11.6 Å². The van der Waals surface area contributed by atoms with Crippen LogP contribution >= 0.6 is 0 Å². The smallest absolute Gasteiger partial charge is 0.339 e. The molecule has 5 nitrogen and oxygen atoms in total. The van der Waals surface area contributed by atoms with Gasteiger partial charge in [0.15, 0.2) is 0 Å². The van der Waals surface area contributed by atoms with Crippen LogP contribution < -0.4 is 4.74 Å². The van der Waals surface area contributed by atoms with Crippen molar-refractivity contribution in [3.05, 3.63) is 45.4 Å². The molecule has 2 rings (SSSR count). The number of nitrogens with zero attached hydrogens (tertiary/aromatic N) is 1. The maximum atomic E-state index is 11.9. The van der Waals surface area contributed by atoms with Crippen LogP contribution in [0.4, 0.5) is 5.69 Å². The lowest BCUT2D eigenvalue weighted by molar-refractivity contribution is 0.0678. The van der Waals surface area contributed by atoms with Gasteiger partial charge in [-0.25, -0.2) is 4.79 Å². The first-order chi connectivity index (χ1) is 11.8. The van der Waals surface area contributed by atoms with Gasteiger partial charge in [-0.1, -0.05) is 25.0 Å². The Morgan fingerprint density at radius 2 is 2.12 bits per heavy atom. The highest BCUT2D eigenvalue weighted by Crippen LogP contribution is 2.43. The fourth-order valence-electron chi connectivity index (χ4n) is 3.06. The number of ether oxygens (including phenoxy) is 1. The summed E-state index contributed by atoms with van der Waals surface area (Å²) >= 11 is 0. The Bertz CT molecular complexity index is 745. The zero-order chi connectivity index (χ0) is 18.6. The average Bonchev–Trinajstić information content (AvgIpc) is 2.53. The second-order valence-electron chi connectivity index (χ2n) is 6.89. The van der Waals surface area contributed by atoms with Crippen molar-refractivity contribution < 1.29 is 14.6 Å². The molecule has 1 N–H and O–H groups in total. The lowest BCUT2D eigenvalue weighted by atomic mass is 9.90. The van der Waals surface area contributed by atoms with E-state index in [4.69, 9.17) is 4.74 Å². The summed E-state index contributed by atoms with van der Waals surface area (Å²) in [6.07, 6.45) is 8.64. The number of hydrogen-bond acceptors (Lipinski definition) is 4. The van der Waals surface area contributed by atoms with Gasteiger partial charge in [-0.05, 0) is 69.0 Å². The second kappa shape index (κ2) is 7.64. The van der Waals surface area contributed by atoms with E-state index >= 15 is 0 Å². The molecule has 0 fully saturated rings. The fraction of sp³-hybridized carbons (Fsp3) is 0.450. The molecule has 1 unspecified atom stereocenters. The second-order valence-corrected chi connectivity index (χ2v) is 6.89. The number of carboxylic acid groups (broad SMARTS) is 1. The number of carbonyl (C=O) groups is 1. The minimum atomic E-state index is -1.04. The third-order valence-electron chi connectivity index (χ3n) is 4.34. The van der Waals surface area contributed by atoms with Crippen LogP contribution in [-0.2, 0) is 6.42 Å². The maximum absolute atomic E-state index is 11.9. The number of carboxylic acids is 1. The van der Waals surface area contributed by atoms with Crippen molar-refractivity contribution in [1.82, 2.24) is 0 Å². The van der Waals surface area contributed by atoms with Crippen LogP contribution in [-0.4, -0.2) is 16.7 Å². The number of nitroso groups, excluding NO2 is 1. The van der Waals surface area contributed by atoms with E-state index in [9.17, 15) is 14.8 Å². The van der Waals surface area contributed by atoms with Crippen LogP contribution in [0.2, 0.25) is 0 Å². The number of benzene rings is 1. The minimum absolute atomic E-state index is 0.141. The topological polar surface area (TPSA) is 76.0 Å². The predicted molar refractivity (Wildman–Crippen MR) is 99.6 cm³/mol. The highest BCUT2D eigenvalue weighted by atomic mass is 16.5.